The maximum atomic E-state index is 12.5. The second-order valence-electron chi connectivity index (χ2n) is 7.04. The van der Waals surface area contributed by atoms with Gasteiger partial charge in [-0.25, -0.2) is 10.4 Å². The van der Waals surface area contributed by atoms with Crippen molar-refractivity contribution in [3.05, 3.63) is 86.8 Å². The van der Waals surface area contributed by atoms with E-state index in [1.54, 1.807) is 38.6 Å². The lowest BCUT2D eigenvalue weighted by Gasteiger charge is -2.10. The molecule has 9 heteroatoms. The fourth-order valence-electron chi connectivity index (χ4n) is 3.14. The number of hydrogen-bond donors (Lipinski definition) is 2. The number of benzene rings is 3. The first-order chi connectivity index (χ1) is 16.6. The number of nitrogens with one attached hydrogen (secondary N) is 2. The summed E-state index contributed by atoms with van der Waals surface area (Å²) in [7, 11) is 3.17. The largest absolute Gasteiger partial charge is 0.493 e. The van der Waals surface area contributed by atoms with Gasteiger partial charge in [0.15, 0.2) is 16.6 Å². The molecule has 0 unspecified atom stereocenters. The summed E-state index contributed by atoms with van der Waals surface area (Å²) in [6, 6.07) is 20.8. The molecule has 1 aromatic heterocycles. The number of para-hydroxylation sites is 1. The standard InChI is InChI=1S/C25H21IN4O3S/c1-32-22-13-16(12-20(26)23(22)33-2)14-27-30-24(31)18-10-8-17(9-11-18)21-15-34-25(29-21)28-19-6-4-3-5-7-19/h3-15H,1-2H3,(H,28,29)(H,30,31)/b27-14-. The van der Waals surface area contributed by atoms with Crippen molar-refractivity contribution in [3.63, 3.8) is 0 Å². The van der Waals surface area contributed by atoms with Crippen LogP contribution in [0.4, 0.5) is 10.8 Å². The lowest BCUT2D eigenvalue weighted by atomic mass is 10.1. The van der Waals surface area contributed by atoms with Gasteiger partial charge in [0.05, 0.1) is 29.7 Å². The normalized spacial score (nSPS) is 10.8. The van der Waals surface area contributed by atoms with Gasteiger partial charge in [-0.3, -0.25) is 4.79 Å². The predicted octanol–water partition coefficient (Wildman–Crippen LogP) is 5.94. The molecule has 0 aliphatic heterocycles. The van der Waals surface area contributed by atoms with E-state index in [1.807, 2.05) is 53.9 Å². The van der Waals surface area contributed by atoms with E-state index < -0.39 is 0 Å². The van der Waals surface area contributed by atoms with Crippen LogP contribution in [0.2, 0.25) is 0 Å². The van der Waals surface area contributed by atoms with Gasteiger partial charge in [0, 0.05) is 22.2 Å². The van der Waals surface area contributed by atoms with Crippen LogP contribution < -0.4 is 20.2 Å². The van der Waals surface area contributed by atoms with Gasteiger partial charge in [0.2, 0.25) is 0 Å². The number of carbonyl (C=O) groups is 1. The van der Waals surface area contributed by atoms with Gasteiger partial charge in [0.25, 0.3) is 5.91 Å². The van der Waals surface area contributed by atoms with E-state index in [1.165, 1.54) is 11.3 Å². The topological polar surface area (TPSA) is 84.8 Å². The van der Waals surface area contributed by atoms with Crippen LogP contribution in [-0.2, 0) is 0 Å². The summed E-state index contributed by atoms with van der Waals surface area (Å²) in [4.78, 5) is 17.1. The van der Waals surface area contributed by atoms with Crippen LogP contribution in [0, 0.1) is 3.57 Å². The zero-order valence-electron chi connectivity index (χ0n) is 18.4. The van der Waals surface area contributed by atoms with Crippen LogP contribution >= 0.6 is 33.9 Å². The van der Waals surface area contributed by atoms with E-state index in [9.17, 15) is 4.79 Å². The molecule has 0 saturated carbocycles. The summed E-state index contributed by atoms with van der Waals surface area (Å²) < 4.78 is 11.6. The van der Waals surface area contributed by atoms with Gasteiger partial charge >= 0.3 is 0 Å². The van der Waals surface area contributed by atoms with Crippen LogP contribution in [0.5, 0.6) is 11.5 Å². The Balaban J connectivity index is 1.39. The fourth-order valence-corrected chi connectivity index (χ4v) is 4.73. The van der Waals surface area contributed by atoms with E-state index in [4.69, 9.17) is 9.47 Å². The SMILES string of the molecule is COc1cc(/C=N\NC(=O)c2ccc(-c3csc(Nc4ccccc4)n3)cc2)cc(I)c1OC. The first-order valence-corrected chi connectivity index (χ1v) is 12.2. The highest BCUT2D eigenvalue weighted by Gasteiger charge is 2.10. The molecule has 0 atom stereocenters. The molecule has 7 nitrogen and oxygen atoms in total. The smallest absolute Gasteiger partial charge is 0.271 e. The van der Waals surface area contributed by atoms with Crippen molar-refractivity contribution in [3.8, 4) is 22.8 Å². The number of rotatable bonds is 8. The summed E-state index contributed by atoms with van der Waals surface area (Å²) >= 11 is 3.69. The van der Waals surface area contributed by atoms with Crippen molar-refractivity contribution in [2.24, 2.45) is 5.10 Å². The molecule has 0 radical (unpaired) electrons. The summed E-state index contributed by atoms with van der Waals surface area (Å²) in [5.74, 6) is 0.956. The summed E-state index contributed by atoms with van der Waals surface area (Å²) in [6.45, 7) is 0. The first kappa shape index (κ1) is 23.7. The Morgan fingerprint density at radius 3 is 2.53 bits per heavy atom. The number of thiazole rings is 1. The molecule has 34 heavy (non-hydrogen) atoms. The molecule has 4 rings (SSSR count). The van der Waals surface area contributed by atoms with E-state index >= 15 is 0 Å². The minimum atomic E-state index is -0.303. The number of halogens is 1. The number of carbonyl (C=O) groups excluding carboxylic acids is 1. The highest BCUT2D eigenvalue weighted by atomic mass is 127. The lowest BCUT2D eigenvalue weighted by molar-refractivity contribution is 0.0955. The molecule has 0 aliphatic carbocycles. The van der Waals surface area contributed by atoms with Crippen LogP contribution in [0.1, 0.15) is 15.9 Å². The zero-order valence-corrected chi connectivity index (χ0v) is 21.4. The van der Waals surface area contributed by atoms with Crippen molar-refractivity contribution < 1.29 is 14.3 Å². The molecule has 1 heterocycles. The quantitative estimate of drug-likeness (QED) is 0.152. The molecule has 0 bridgehead atoms. The van der Waals surface area contributed by atoms with Gasteiger partial charge in [-0.05, 0) is 64.6 Å². The third-order valence-corrected chi connectivity index (χ3v) is 6.37. The highest BCUT2D eigenvalue weighted by Crippen LogP contribution is 2.33. The lowest BCUT2D eigenvalue weighted by Crippen LogP contribution is -2.17. The molecule has 172 valence electrons. The molecular formula is C25H21IN4O3S. The molecule has 0 aliphatic rings. The number of methoxy groups -OCH3 is 2. The first-order valence-electron chi connectivity index (χ1n) is 10.2. The molecule has 1 amide bonds. The summed E-state index contributed by atoms with van der Waals surface area (Å²) in [5, 5.41) is 10.1. The predicted molar refractivity (Wildman–Crippen MR) is 145 cm³/mol. The third-order valence-electron chi connectivity index (χ3n) is 4.81. The Hall–Kier alpha value is -3.44. The van der Waals surface area contributed by atoms with Crippen LogP contribution in [0.15, 0.2) is 77.2 Å². The number of anilines is 2. The maximum absolute atomic E-state index is 12.5. The van der Waals surface area contributed by atoms with Crippen molar-refractivity contribution in [1.82, 2.24) is 10.4 Å². The second-order valence-corrected chi connectivity index (χ2v) is 9.06. The van der Waals surface area contributed by atoms with Crippen molar-refractivity contribution in [2.75, 3.05) is 19.5 Å². The van der Waals surface area contributed by atoms with Gasteiger partial charge in [-0.15, -0.1) is 11.3 Å². The van der Waals surface area contributed by atoms with Gasteiger partial charge in [-0.1, -0.05) is 30.3 Å². The molecular weight excluding hydrogens is 563 g/mol. The monoisotopic (exact) mass is 584 g/mol. The van der Waals surface area contributed by atoms with Crippen molar-refractivity contribution in [1.29, 1.82) is 0 Å². The average Bonchev–Trinajstić information content (AvgIpc) is 3.32. The fraction of sp³-hybridized carbons (Fsp3) is 0.0800. The second kappa shape index (κ2) is 11.1. The maximum Gasteiger partial charge on any atom is 0.271 e. The van der Waals surface area contributed by atoms with Gasteiger partial charge in [-0.2, -0.15) is 5.10 Å². The van der Waals surface area contributed by atoms with Crippen molar-refractivity contribution in [2.45, 2.75) is 0 Å². The van der Waals surface area contributed by atoms with E-state index in [0.717, 1.165) is 31.2 Å². The van der Waals surface area contributed by atoms with Crippen LogP contribution in [0.25, 0.3) is 11.3 Å². The average molecular weight is 584 g/mol. The number of amides is 1. The highest BCUT2D eigenvalue weighted by molar-refractivity contribution is 14.1. The Morgan fingerprint density at radius 1 is 1.06 bits per heavy atom. The zero-order chi connectivity index (χ0) is 23.9. The number of hydrazone groups is 1. The number of nitrogens with zero attached hydrogens (tertiary/aromatic N) is 2. The summed E-state index contributed by atoms with van der Waals surface area (Å²) in [5.41, 5.74) is 6.59. The van der Waals surface area contributed by atoms with Gasteiger partial charge in [0.1, 0.15) is 0 Å². The number of aromatic nitrogens is 1. The minimum Gasteiger partial charge on any atom is -0.493 e. The molecule has 2 N–H and O–H groups in total. The number of hydrogen-bond acceptors (Lipinski definition) is 7. The molecule has 0 spiro atoms. The third kappa shape index (κ3) is 5.72. The minimum absolute atomic E-state index is 0.303. The number of ether oxygens (including phenoxy) is 2. The Morgan fingerprint density at radius 2 is 1.82 bits per heavy atom. The van der Waals surface area contributed by atoms with Crippen LogP contribution in [0.3, 0.4) is 0 Å². The molecule has 0 saturated heterocycles. The molecule has 3 aromatic carbocycles. The van der Waals surface area contributed by atoms with E-state index in [0.29, 0.717) is 17.1 Å². The summed E-state index contributed by atoms with van der Waals surface area (Å²) in [6.07, 6.45) is 1.56. The van der Waals surface area contributed by atoms with E-state index in [-0.39, 0.29) is 5.91 Å². The Kier molecular flexibility index (Phi) is 7.76. The van der Waals surface area contributed by atoms with E-state index in [2.05, 4.69) is 43.4 Å². The van der Waals surface area contributed by atoms with Crippen molar-refractivity contribution >= 4 is 56.9 Å². The van der Waals surface area contributed by atoms with Crippen LogP contribution in [-0.4, -0.2) is 31.3 Å². The van der Waals surface area contributed by atoms with Gasteiger partial charge < -0.3 is 14.8 Å². The molecule has 4 aromatic rings. The Bertz CT molecular complexity index is 1310. The molecule has 0 fully saturated rings. The Labute approximate surface area is 215 Å².